The number of aliphatic imine (C=N–C) groups is 1. The number of nitrogens with zero attached hydrogens (tertiary/aromatic N) is 8. The first-order chi connectivity index (χ1) is 23.1. The highest BCUT2D eigenvalue weighted by Gasteiger charge is 2.54. The third-order valence-electron chi connectivity index (χ3n) is 8.10. The van der Waals surface area contributed by atoms with E-state index in [1.807, 2.05) is 24.3 Å². The van der Waals surface area contributed by atoms with Crippen LogP contribution in [-0.4, -0.2) is 80.0 Å². The van der Waals surface area contributed by atoms with Crippen molar-refractivity contribution in [3.8, 4) is 5.75 Å². The van der Waals surface area contributed by atoms with Crippen LogP contribution >= 0.6 is 0 Å². The lowest BCUT2D eigenvalue weighted by molar-refractivity contribution is -0.129. The molecule has 0 radical (unpaired) electrons. The first kappa shape index (κ1) is 33.3. The molecule has 0 bridgehead atoms. The van der Waals surface area contributed by atoms with Crippen molar-refractivity contribution in [2.45, 2.75) is 31.0 Å². The fourth-order valence-corrected chi connectivity index (χ4v) is 5.70. The second-order valence-electron chi connectivity index (χ2n) is 11.1. The number of ether oxygens (including phenoxy) is 3. The van der Waals surface area contributed by atoms with E-state index in [9.17, 15) is 10.3 Å². The van der Waals surface area contributed by atoms with E-state index in [2.05, 4.69) is 30.3 Å². The fraction of sp³-hybridized carbons (Fsp3) is 0.394. The normalized spacial score (nSPS) is 19.1. The van der Waals surface area contributed by atoms with Crippen LogP contribution in [0.5, 0.6) is 5.75 Å². The van der Waals surface area contributed by atoms with Gasteiger partial charge in [-0.2, -0.15) is 0 Å². The van der Waals surface area contributed by atoms with Crippen LogP contribution in [0.25, 0.3) is 20.9 Å². The molecule has 14 heteroatoms. The lowest BCUT2D eigenvalue weighted by atomic mass is 9.80. The highest BCUT2D eigenvalue weighted by molar-refractivity contribution is 6.01. The standard InChI is InChI=1S/C33H37N9O5/c34-40-37-23-26-7-2-1-6-25(26)22-33(32(44)36-14-15-42-16-20-45-21-17-42)30(28-8-3-4-9-29(28)39-41-35)47-31(38-33)24-10-12-27(13-11-24)46-19-5-18-43/h1-4,6-13,30,43H,5,14-23H2,(H,36,44)/t30-,33-/m1/s1. The summed E-state index contributed by atoms with van der Waals surface area (Å²) < 4.78 is 17.8. The van der Waals surface area contributed by atoms with Crippen molar-refractivity contribution in [3.63, 3.8) is 0 Å². The molecule has 47 heavy (non-hydrogen) atoms. The number of azide groups is 2. The van der Waals surface area contributed by atoms with Gasteiger partial charge in [0.05, 0.1) is 26.4 Å². The molecule has 1 fully saturated rings. The molecule has 2 aliphatic heterocycles. The molecule has 1 saturated heterocycles. The molecule has 0 aromatic heterocycles. The van der Waals surface area contributed by atoms with Gasteiger partial charge in [-0.05, 0) is 46.5 Å². The van der Waals surface area contributed by atoms with Gasteiger partial charge < -0.3 is 24.6 Å². The molecule has 0 aliphatic carbocycles. The summed E-state index contributed by atoms with van der Waals surface area (Å²) in [6.07, 6.45) is -0.362. The van der Waals surface area contributed by atoms with Crippen LogP contribution in [0.4, 0.5) is 5.69 Å². The van der Waals surface area contributed by atoms with E-state index in [0.717, 1.165) is 24.2 Å². The number of morpholine rings is 1. The predicted octanol–water partition coefficient (Wildman–Crippen LogP) is 5.15. The molecule has 0 saturated carbocycles. The minimum absolute atomic E-state index is 0.0318. The molecule has 2 aliphatic rings. The zero-order chi connectivity index (χ0) is 32.9. The zero-order valence-corrected chi connectivity index (χ0v) is 25.9. The second kappa shape index (κ2) is 16.5. The number of carbonyl (C=O) groups excluding carboxylic acids is 1. The van der Waals surface area contributed by atoms with Crippen LogP contribution in [0.1, 0.15) is 34.8 Å². The van der Waals surface area contributed by atoms with Gasteiger partial charge in [-0.1, -0.05) is 58.8 Å². The molecule has 2 N–H and O–H groups in total. The Labute approximate surface area is 272 Å². The van der Waals surface area contributed by atoms with Gasteiger partial charge in [0.2, 0.25) is 5.90 Å². The SMILES string of the molecule is [N-]=[N+]=NCc1ccccc1C[C@@]1(C(=O)NCCN2CCOCC2)N=C(c2ccc(OCCCO)cc2)O[C@@H]1c1ccccc1N=[N+]=[N-]. The maximum atomic E-state index is 14.6. The lowest BCUT2D eigenvalue weighted by Crippen LogP contribution is -2.52. The largest absolute Gasteiger partial charge is 0.494 e. The average Bonchev–Trinajstić information content (AvgIpc) is 3.49. The Morgan fingerprint density at radius 2 is 1.79 bits per heavy atom. The monoisotopic (exact) mass is 639 g/mol. The highest BCUT2D eigenvalue weighted by atomic mass is 16.5. The molecular formula is C33H37N9O5. The van der Waals surface area contributed by atoms with Gasteiger partial charge in [0.15, 0.2) is 11.6 Å². The summed E-state index contributed by atoms with van der Waals surface area (Å²) in [6, 6.07) is 21.6. The maximum Gasteiger partial charge on any atom is 0.252 e. The topological polar surface area (TPSA) is 190 Å². The fourth-order valence-electron chi connectivity index (χ4n) is 5.70. The summed E-state index contributed by atoms with van der Waals surface area (Å²) in [6.45, 7) is 4.34. The maximum absolute atomic E-state index is 14.6. The van der Waals surface area contributed by atoms with E-state index in [1.165, 1.54) is 0 Å². The number of carbonyl (C=O) groups is 1. The zero-order valence-electron chi connectivity index (χ0n) is 25.9. The van der Waals surface area contributed by atoms with Crippen LogP contribution in [0.15, 0.2) is 88.0 Å². The van der Waals surface area contributed by atoms with E-state index in [1.54, 1.807) is 48.5 Å². The number of hydrogen-bond donors (Lipinski definition) is 2. The summed E-state index contributed by atoms with van der Waals surface area (Å²) in [4.78, 5) is 27.9. The van der Waals surface area contributed by atoms with Gasteiger partial charge in [-0.15, -0.1) is 0 Å². The Balaban J connectivity index is 1.58. The molecule has 2 atom stereocenters. The van der Waals surface area contributed by atoms with Crippen LogP contribution in [0.3, 0.4) is 0 Å². The predicted molar refractivity (Wildman–Crippen MR) is 175 cm³/mol. The molecule has 0 spiro atoms. The Bertz CT molecular complexity index is 1650. The van der Waals surface area contributed by atoms with E-state index in [0.29, 0.717) is 61.9 Å². The van der Waals surface area contributed by atoms with E-state index < -0.39 is 11.6 Å². The Morgan fingerprint density at radius 3 is 2.53 bits per heavy atom. The molecule has 0 unspecified atom stereocenters. The number of hydrogen-bond acceptors (Lipinski definition) is 9. The third-order valence-corrected chi connectivity index (χ3v) is 8.10. The van der Waals surface area contributed by atoms with E-state index in [-0.39, 0.29) is 31.4 Å². The number of nitrogens with one attached hydrogen (secondary N) is 1. The van der Waals surface area contributed by atoms with Gasteiger partial charge in [0.1, 0.15) is 5.75 Å². The van der Waals surface area contributed by atoms with Gasteiger partial charge in [0.25, 0.3) is 5.91 Å². The Hall–Kier alpha value is -5.10. The van der Waals surface area contributed by atoms with Gasteiger partial charge >= 0.3 is 0 Å². The van der Waals surface area contributed by atoms with Gasteiger partial charge in [0, 0.05) is 72.3 Å². The molecule has 3 aromatic rings. The summed E-state index contributed by atoms with van der Waals surface area (Å²) >= 11 is 0. The van der Waals surface area contributed by atoms with Gasteiger partial charge in [-0.25, -0.2) is 4.99 Å². The van der Waals surface area contributed by atoms with E-state index >= 15 is 0 Å². The van der Waals surface area contributed by atoms with Crippen molar-refractivity contribution in [1.29, 1.82) is 0 Å². The van der Waals surface area contributed by atoms with Crippen molar-refractivity contribution in [1.82, 2.24) is 10.2 Å². The quantitative estimate of drug-likeness (QED) is 0.100. The highest BCUT2D eigenvalue weighted by Crippen LogP contribution is 2.45. The first-order valence-corrected chi connectivity index (χ1v) is 15.5. The summed E-state index contributed by atoms with van der Waals surface area (Å²) in [7, 11) is 0. The number of aliphatic hydroxyl groups is 1. The molecule has 14 nitrogen and oxygen atoms in total. The van der Waals surface area contributed by atoms with Crippen molar-refractivity contribution in [2.24, 2.45) is 15.2 Å². The Kier molecular flexibility index (Phi) is 11.6. The van der Waals surface area contributed by atoms with Crippen molar-refractivity contribution < 1.29 is 24.1 Å². The number of rotatable bonds is 15. The Morgan fingerprint density at radius 1 is 1.04 bits per heavy atom. The molecular weight excluding hydrogens is 602 g/mol. The molecule has 5 rings (SSSR count). The third kappa shape index (κ3) is 8.20. The minimum atomic E-state index is -1.54. The number of benzene rings is 3. The number of aliphatic hydroxyl groups excluding tert-OH is 1. The van der Waals surface area contributed by atoms with E-state index in [4.69, 9.17) is 29.8 Å². The molecule has 1 amide bonds. The summed E-state index contributed by atoms with van der Waals surface area (Å²) in [5, 5.41) is 19.9. The van der Waals surface area contributed by atoms with Gasteiger partial charge in [-0.3, -0.25) is 9.69 Å². The van der Waals surface area contributed by atoms with Crippen LogP contribution < -0.4 is 10.1 Å². The lowest BCUT2D eigenvalue weighted by Gasteiger charge is -2.32. The average molecular weight is 640 g/mol. The summed E-state index contributed by atoms with van der Waals surface area (Å²) in [5.41, 5.74) is 19.8. The molecule has 2 heterocycles. The van der Waals surface area contributed by atoms with Crippen molar-refractivity contribution in [3.05, 3.63) is 116 Å². The first-order valence-electron chi connectivity index (χ1n) is 15.5. The molecule has 244 valence electrons. The van der Waals surface area contributed by atoms with Crippen molar-refractivity contribution in [2.75, 3.05) is 52.6 Å². The second-order valence-corrected chi connectivity index (χ2v) is 11.1. The smallest absolute Gasteiger partial charge is 0.252 e. The number of amides is 1. The van der Waals surface area contributed by atoms with Crippen LogP contribution in [0, 0.1) is 0 Å². The van der Waals surface area contributed by atoms with Crippen LogP contribution in [-0.2, 0) is 27.2 Å². The van der Waals surface area contributed by atoms with Crippen LogP contribution in [0.2, 0.25) is 0 Å². The minimum Gasteiger partial charge on any atom is -0.494 e. The summed E-state index contributed by atoms with van der Waals surface area (Å²) in [5.74, 6) is 0.498. The van der Waals surface area contributed by atoms with Crippen molar-refractivity contribution >= 4 is 17.5 Å². The molecule has 3 aromatic carbocycles.